The van der Waals surface area contributed by atoms with Gasteiger partial charge in [0.25, 0.3) is 0 Å². The summed E-state index contributed by atoms with van der Waals surface area (Å²) in [6.45, 7) is 2.56. The SMILES string of the molecule is CCOc1ccccc1NS#CN/N=C/c1ccc(Oc2ccccc2)c(OC)c1. The van der Waals surface area contributed by atoms with E-state index < -0.39 is 0 Å². The van der Waals surface area contributed by atoms with E-state index in [0.29, 0.717) is 18.1 Å². The second-order valence-electron chi connectivity index (χ2n) is 5.93. The number of nitrogens with zero attached hydrogens (tertiary/aromatic N) is 1. The minimum absolute atomic E-state index is 0.609. The minimum atomic E-state index is 0.609. The fourth-order valence-corrected chi connectivity index (χ4v) is 2.96. The molecular weight excluding hydrogens is 398 g/mol. The van der Waals surface area contributed by atoms with E-state index in [1.54, 1.807) is 13.3 Å². The third kappa shape index (κ3) is 6.17. The molecule has 0 saturated carbocycles. The summed E-state index contributed by atoms with van der Waals surface area (Å²) in [4.78, 5) is 0. The van der Waals surface area contributed by atoms with Crippen molar-refractivity contribution in [1.82, 2.24) is 5.43 Å². The molecule has 0 saturated heterocycles. The highest BCUT2D eigenvalue weighted by Crippen LogP contribution is 2.31. The molecule has 6 nitrogen and oxygen atoms in total. The lowest BCUT2D eigenvalue weighted by atomic mass is 10.2. The van der Waals surface area contributed by atoms with Crippen molar-refractivity contribution >= 4 is 23.3 Å². The largest absolute Gasteiger partial charge is 0.493 e. The van der Waals surface area contributed by atoms with Crippen molar-refractivity contribution in [3.63, 3.8) is 0 Å². The molecule has 0 radical (unpaired) electrons. The van der Waals surface area contributed by atoms with E-state index in [1.807, 2.05) is 79.7 Å². The molecule has 0 bridgehead atoms. The van der Waals surface area contributed by atoms with Crippen LogP contribution in [0.15, 0.2) is 77.9 Å². The van der Waals surface area contributed by atoms with Gasteiger partial charge in [-0.15, -0.1) is 0 Å². The van der Waals surface area contributed by atoms with Crippen LogP contribution < -0.4 is 24.4 Å². The van der Waals surface area contributed by atoms with Gasteiger partial charge in [-0.05, 0) is 55.0 Å². The van der Waals surface area contributed by atoms with Crippen LogP contribution >= 0.6 is 11.4 Å². The van der Waals surface area contributed by atoms with Crippen LogP contribution in [0, 0.1) is 5.31 Å². The second-order valence-corrected chi connectivity index (χ2v) is 6.54. The molecule has 0 spiro atoms. The van der Waals surface area contributed by atoms with Gasteiger partial charge in [-0.1, -0.05) is 30.3 Å². The Kier molecular flexibility index (Phi) is 7.97. The topological polar surface area (TPSA) is 64.1 Å². The number of hydrogen-bond donors (Lipinski definition) is 2. The molecule has 2 N–H and O–H groups in total. The summed E-state index contributed by atoms with van der Waals surface area (Å²) in [5.74, 6) is 2.81. The van der Waals surface area contributed by atoms with Crippen molar-refractivity contribution in [3.05, 3.63) is 78.4 Å². The standard InChI is InChI=1S/C23H23N3O3S/c1-3-28-21-12-8-7-11-20(21)26-30-17-25-24-16-18-13-14-22(23(15-18)27-2)29-19-9-5-4-6-10-19/h4-16,25-26H,3H2,1-2H3/b24-16+. The number of rotatable bonds is 8. The van der Waals surface area contributed by atoms with Crippen molar-refractivity contribution in [1.29, 1.82) is 0 Å². The van der Waals surface area contributed by atoms with Gasteiger partial charge >= 0.3 is 0 Å². The summed E-state index contributed by atoms with van der Waals surface area (Å²) in [7, 11) is 1.61. The van der Waals surface area contributed by atoms with E-state index in [4.69, 9.17) is 14.2 Å². The van der Waals surface area contributed by atoms with E-state index in [0.717, 1.165) is 22.7 Å². The van der Waals surface area contributed by atoms with Gasteiger partial charge in [0, 0.05) is 11.4 Å². The Bertz CT molecular complexity index is 1050. The molecule has 0 fully saturated rings. The van der Waals surface area contributed by atoms with Gasteiger partial charge in [-0.3, -0.25) is 4.72 Å². The maximum atomic E-state index is 5.86. The molecule has 3 aromatic rings. The van der Waals surface area contributed by atoms with Gasteiger partial charge in [0.2, 0.25) is 0 Å². The first-order valence-corrected chi connectivity index (χ1v) is 10.2. The summed E-state index contributed by atoms with van der Waals surface area (Å²) in [6.07, 6.45) is 1.68. The number of nitrogens with one attached hydrogen (secondary N) is 2. The van der Waals surface area contributed by atoms with Gasteiger partial charge < -0.3 is 14.2 Å². The van der Waals surface area contributed by atoms with Crippen LogP contribution in [0.25, 0.3) is 0 Å². The molecule has 0 aromatic heterocycles. The lowest BCUT2D eigenvalue weighted by molar-refractivity contribution is 0.342. The van der Waals surface area contributed by atoms with Crippen LogP contribution in [-0.2, 0) is 0 Å². The zero-order valence-electron chi connectivity index (χ0n) is 16.8. The van der Waals surface area contributed by atoms with Crippen molar-refractivity contribution in [2.45, 2.75) is 6.92 Å². The van der Waals surface area contributed by atoms with Crippen LogP contribution in [0.5, 0.6) is 23.0 Å². The molecule has 0 aliphatic carbocycles. The average molecular weight is 422 g/mol. The van der Waals surface area contributed by atoms with Gasteiger partial charge in [0.15, 0.2) is 11.5 Å². The Labute approximate surface area is 180 Å². The number of para-hydroxylation sites is 3. The smallest absolute Gasteiger partial charge is 0.169 e. The summed E-state index contributed by atoms with van der Waals surface area (Å²) in [5, 5.41) is 7.04. The molecule has 0 aliphatic rings. The summed E-state index contributed by atoms with van der Waals surface area (Å²) >= 11 is 1.24. The number of hydrogen-bond acceptors (Lipinski definition) is 6. The minimum Gasteiger partial charge on any atom is -0.493 e. The molecule has 0 amide bonds. The quantitative estimate of drug-likeness (QED) is 0.218. The average Bonchev–Trinajstić information content (AvgIpc) is 2.79. The fraction of sp³-hybridized carbons (Fsp3) is 0.130. The van der Waals surface area contributed by atoms with Crippen LogP contribution in [0.1, 0.15) is 12.5 Å². The normalized spacial score (nSPS) is 10.2. The van der Waals surface area contributed by atoms with Crippen molar-refractivity contribution in [2.24, 2.45) is 5.10 Å². The third-order valence-electron chi connectivity index (χ3n) is 3.88. The number of anilines is 1. The maximum Gasteiger partial charge on any atom is 0.169 e. The molecule has 30 heavy (non-hydrogen) atoms. The number of methoxy groups -OCH3 is 1. The predicted octanol–water partition coefficient (Wildman–Crippen LogP) is 5.49. The van der Waals surface area contributed by atoms with E-state index in [1.165, 1.54) is 11.4 Å². The molecule has 0 heterocycles. The van der Waals surface area contributed by atoms with Gasteiger partial charge in [-0.2, -0.15) is 5.10 Å². The Morgan fingerprint density at radius 3 is 2.57 bits per heavy atom. The van der Waals surface area contributed by atoms with Crippen LogP contribution in [-0.4, -0.2) is 19.9 Å². The highest BCUT2D eigenvalue weighted by atomic mass is 32.1. The molecule has 154 valence electrons. The molecule has 7 heteroatoms. The van der Waals surface area contributed by atoms with E-state index >= 15 is 0 Å². The molecule has 0 unspecified atom stereocenters. The lowest BCUT2D eigenvalue weighted by Gasteiger charge is -2.10. The third-order valence-corrected chi connectivity index (χ3v) is 4.40. The first-order valence-electron chi connectivity index (χ1n) is 9.38. The maximum absolute atomic E-state index is 5.86. The molecule has 3 aromatic carbocycles. The monoisotopic (exact) mass is 421 g/mol. The first-order chi connectivity index (χ1) is 14.8. The molecular formula is C23H23N3O3S. The fourth-order valence-electron chi connectivity index (χ4n) is 2.53. The summed E-state index contributed by atoms with van der Waals surface area (Å²) in [5.41, 5.74) is 4.49. The molecule has 3 rings (SSSR count). The van der Waals surface area contributed by atoms with E-state index in [9.17, 15) is 0 Å². The second kappa shape index (κ2) is 11.4. The van der Waals surface area contributed by atoms with E-state index in [2.05, 4.69) is 20.6 Å². The summed E-state index contributed by atoms with van der Waals surface area (Å²) in [6, 6.07) is 22.9. The van der Waals surface area contributed by atoms with E-state index in [-0.39, 0.29) is 0 Å². The zero-order chi connectivity index (χ0) is 21.0. The van der Waals surface area contributed by atoms with Gasteiger partial charge in [-0.25, -0.2) is 5.43 Å². The van der Waals surface area contributed by atoms with Gasteiger partial charge in [0.1, 0.15) is 11.5 Å². The lowest BCUT2D eigenvalue weighted by Crippen LogP contribution is -1.97. The highest BCUT2D eigenvalue weighted by Gasteiger charge is 2.06. The molecule has 0 atom stereocenters. The zero-order valence-corrected chi connectivity index (χ0v) is 17.6. The summed E-state index contributed by atoms with van der Waals surface area (Å²) < 4.78 is 20.0. The Hall–Kier alpha value is -3.67. The van der Waals surface area contributed by atoms with Gasteiger partial charge in [0.05, 0.1) is 30.9 Å². The van der Waals surface area contributed by atoms with Crippen molar-refractivity contribution < 1.29 is 14.2 Å². The first kappa shape index (κ1) is 21.0. The van der Waals surface area contributed by atoms with Crippen LogP contribution in [0.2, 0.25) is 0 Å². The van der Waals surface area contributed by atoms with Crippen molar-refractivity contribution in [2.75, 3.05) is 18.4 Å². The molecule has 0 aliphatic heterocycles. The van der Waals surface area contributed by atoms with Crippen molar-refractivity contribution in [3.8, 4) is 28.3 Å². The number of benzene rings is 3. The van der Waals surface area contributed by atoms with Crippen LogP contribution in [0.3, 0.4) is 0 Å². The highest BCUT2D eigenvalue weighted by molar-refractivity contribution is 7.90. The number of ether oxygens (including phenoxy) is 3. The Morgan fingerprint density at radius 1 is 0.967 bits per heavy atom. The van der Waals surface area contributed by atoms with Crippen LogP contribution in [0.4, 0.5) is 5.69 Å². The number of hydrazone groups is 1. The predicted molar refractivity (Wildman–Crippen MR) is 123 cm³/mol. The Balaban J connectivity index is 1.57. The Morgan fingerprint density at radius 2 is 1.77 bits per heavy atom.